The average Bonchev–Trinajstić information content (AvgIpc) is 2.60. The van der Waals surface area contributed by atoms with E-state index in [0.717, 1.165) is 12.8 Å². The number of benzene rings is 1. The quantitative estimate of drug-likeness (QED) is 0.466. The second-order valence-corrected chi connectivity index (χ2v) is 6.77. The molecule has 0 aromatic heterocycles. The van der Waals surface area contributed by atoms with Gasteiger partial charge in [0.1, 0.15) is 0 Å². The molecule has 1 aromatic carbocycles. The molecule has 1 rings (SSSR count). The maximum atomic E-state index is 12.0. The Morgan fingerprint density at radius 1 is 1.20 bits per heavy atom. The van der Waals surface area contributed by atoms with E-state index in [4.69, 9.17) is 0 Å². The molecule has 0 fully saturated rings. The van der Waals surface area contributed by atoms with E-state index in [1.165, 1.54) is 11.1 Å². The number of rotatable bonds is 12. The van der Waals surface area contributed by atoms with Crippen LogP contribution in [0, 0.1) is 0 Å². The second-order valence-electron chi connectivity index (χ2n) is 6.77. The molecule has 4 N–H and O–H groups in total. The molecule has 2 unspecified atom stereocenters. The van der Waals surface area contributed by atoms with Gasteiger partial charge in [-0.2, -0.15) is 0 Å². The predicted molar refractivity (Wildman–Crippen MR) is 101 cm³/mol. The highest BCUT2D eigenvalue weighted by atomic mass is 16.3. The van der Waals surface area contributed by atoms with E-state index >= 15 is 0 Å². The molecule has 0 aliphatic carbocycles. The minimum atomic E-state index is -0.938. The molecule has 142 valence electrons. The van der Waals surface area contributed by atoms with Gasteiger partial charge in [-0.05, 0) is 30.4 Å². The maximum absolute atomic E-state index is 12.0. The van der Waals surface area contributed by atoms with E-state index < -0.39 is 11.7 Å². The first kappa shape index (κ1) is 21.6. The van der Waals surface area contributed by atoms with Gasteiger partial charge in [0, 0.05) is 19.6 Å². The number of nitrogens with one attached hydrogen (secondary N) is 2. The number of aryl methyl sites for hydroxylation is 1. The molecule has 2 atom stereocenters. The molecule has 0 aliphatic heterocycles. The van der Waals surface area contributed by atoms with Crippen LogP contribution in [0.15, 0.2) is 24.3 Å². The first-order chi connectivity index (χ1) is 11.9. The lowest BCUT2D eigenvalue weighted by Crippen LogP contribution is -2.41. The summed E-state index contributed by atoms with van der Waals surface area (Å²) in [4.78, 5) is 12.0. The third-order valence-corrected chi connectivity index (χ3v) is 4.51. The fraction of sp³-hybridized carbons (Fsp3) is 0.650. The van der Waals surface area contributed by atoms with Crippen LogP contribution >= 0.6 is 0 Å². The Morgan fingerprint density at radius 3 is 2.56 bits per heavy atom. The Kier molecular flexibility index (Phi) is 9.71. The second kappa shape index (κ2) is 11.2. The number of aliphatic hydroxyl groups excluding tert-OH is 1. The monoisotopic (exact) mass is 350 g/mol. The molecule has 25 heavy (non-hydrogen) atoms. The van der Waals surface area contributed by atoms with Crippen LogP contribution in [-0.4, -0.2) is 40.9 Å². The predicted octanol–water partition coefficient (Wildman–Crippen LogP) is 2.15. The van der Waals surface area contributed by atoms with Gasteiger partial charge in [-0.1, -0.05) is 51.5 Å². The molecular formula is C20H34N2O3. The molecule has 1 amide bonds. The summed E-state index contributed by atoms with van der Waals surface area (Å²) < 4.78 is 0. The normalized spacial score (nSPS) is 14.8. The Hall–Kier alpha value is -1.43. The summed E-state index contributed by atoms with van der Waals surface area (Å²) in [6, 6.07) is 8.35. The standard InChI is InChI=1S/C20H34N2O3/c1-4-10-20(25,6-3)12-19(24)22-15-18(23)14-21-13-17-9-7-8-16(5-2)11-17/h7-9,11,18,21,23,25H,4-6,10,12-15H2,1-3H3,(H,22,24). The van der Waals surface area contributed by atoms with Crippen LogP contribution in [0.1, 0.15) is 57.6 Å². The number of amides is 1. The minimum Gasteiger partial charge on any atom is -0.390 e. The van der Waals surface area contributed by atoms with Crippen molar-refractivity contribution in [2.24, 2.45) is 0 Å². The zero-order chi connectivity index (χ0) is 18.7. The van der Waals surface area contributed by atoms with Crippen molar-refractivity contribution < 1.29 is 15.0 Å². The van der Waals surface area contributed by atoms with E-state index in [1.807, 2.05) is 19.9 Å². The highest BCUT2D eigenvalue weighted by molar-refractivity contribution is 5.77. The smallest absolute Gasteiger partial charge is 0.222 e. The SMILES string of the molecule is CCCC(O)(CC)CC(=O)NCC(O)CNCc1cccc(CC)c1. The molecule has 0 aliphatic rings. The molecule has 5 nitrogen and oxygen atoms in total. The van der Waals surface area contributed by atoms with Crippen molar-refractivity contribution in [1.29, 1.82) is 0 Å². The van der Waals surface area contributed by atoms with Crippen molar-refractivity contribution in [2.45, 2.75) is 71.1 Å². The van der Waals surface area contributed by atoms with Gasteiger partial charge >= 0.3 is 0 Å². The summed E-state index contributed by atoms with van der Waals surface area (Å²) in [6.45, 7) is 7.28. The van der Waals surface area contributed by atoms with Crippen LogP contribution in [0.2, 0.25) is 0 Å². The Bertz CT molecular complexity index is 521. The lowest BCUT2D eigenvalue weighted by atomic mass is 9.91. The van der Waals surface area contributed by atoms with E-state index in [0.29, 0.717) is 25.9 Å². The molecule has 1 aromatic rings. The highest BCUT2D eigenvalue weighted by Crippen LogP contribution is 2.21. The summed E-state index contributed by atoms with van der Waals surface area (Å²) >= 11 is 0. The van der Waals surface area contributed by atoms with Gasteiger partial charge in [-0.15, -0.1) is 0 Å². The zero-order valence-corrected chi connectivity index (χ0v) is 15.8. The van der Waals surface area contributed by atoms with Crippen molar-refractivity contribution >= 4 is 5.91 Å². The fourth-order valence-electron chi connectivity index (χ4n) is 2.86. The van der Waals surface area contributed by atoms with Crippen LogP contribution < -0.4 is 10.6 Å². The molecule has 0 radical (unpaired) electrons. The Morgan fingerprint density at radius 2 is 1.92 bits per heavy atom. The van der Waals surface area contributed by atoms with E-state index in [2.05, 4.69) is 35.8 Å². The van der Waals surface area contributed by atoms with Gasteiger partial charge in [-0.3, -0.25) is 4.79 Å². The van der Waals surface area contributed by atoms with E-state index in [-0.39, 0.29) is 18.9 Å². The lowest BCUT2D eigenvalue weighted by molar-refractivity contribution is -0.127. The number of aliphatic hydroxyl groups is 2. The third kappa shape index (κ3) is 8.47. The molecule has 0 bridgehead atoms. The van der Waals surface area contributed by atoms with Gasteiger partial charge in [0.05, 0.1) is 18.1 Å². The van der Waals surface area contributed by atoms with E-state index in [9.17, 15) is 15.0 Å². The largest absolute Gasteiger partial charge is 0.390 e. The van der Waals surface area contributed by atoms with Gasteiger partial charge in [0.2, 0.25) is 5.91 Å². The molecule has 5 heteroatoms. The van der Waals surface area contributed by atoms with Crippen molar-refractivity contribution in [1.82, 2.24) is 10.6 Å². The summed E-state index contributed by atoms with van der Waals surface area (Å²) in [7, 11) is 0. The minimum absolute atomic E-state index is 0.0846. The highest BCUT2D eigenvalue weighted by Gasteiger charge is 2.27. The van der Waals surface area contributed by atoms with Crippen LogP contribution in [-0.2, 0) is 17.8 Å². The first-order valence-corrected chi connectivity index (χ1v) is 9.38. The number of carbonyl (C=O) groups is 1. The van der Waals surface area contributed by atoms with Crippen LogP contribution in [0.25, 0.3) is 0 Å². The van der Waals surface area contributed by atoms with Crippen molar-refractivity contribution in [3.8, 4) is 0 Å². The van der Waals surface area contributed by atoms with Crippen LogP contribution in [0.4, 0.5) is 0 Å². The van der Waals surface area contributed by atoms with E-state index in [1.54, 1.807) is 0 Å². The van der Waals surface area contributed by atoms with Crippen LogP contribution in [0.5, 0.6) is 0 Å². The number of carbonyl (C=O) groups excluding carboxylic acids is 1. The summed E-state index contributed by atoms with van der Waals surface area (Å²) in [5.74, 6) is -0.215. The molecular weight excluding hydrogens is 316 g/mol. The first-order valence-electron chi connectivity index (χ1n) is 9.38. The number of hydrogen-bond acceptors (Lipinski definition) is 4. The molecule has 0 heterocycles. The Balaban J connectivity index is 2.27. The third-order valence-electron chi connectivity index (χ3n) is 4.51. The van der Waals surface area contributed by atoms with Crippen LogP contribution in [0.3, 0.4) is 0 Å². The van der Waals surface area contributed by atoms with Gasteiger partial charge < -0.3 is 20.8 Å². The van der Waals surface area contributed by atoms with Crippen molar-refractivity contribution in [3.05, 3.63) is 35.4 Å². The topological polar surface area (TPSA) is 81.6 Å². The maximum Gasteiger partial charge on any atom is 0.222 e. The van der Waals surface area contributed by atoms with Gasteiger partial charge in [0.25, 0.3) is 0 Å². The zero-order valence-electron chi connectivity index (χ0n) is 15.8. The van der Waals surface area contributed by atoms with Crippen molar-refractivity contribution in [3.63, 3.8) is 0 Å². The average molecular weight is 351 g/mol. The molecule has 0 saturated carbocycles. The summed E-state index contributed by atoms with van der Waals surface area (Å²) in [5.41, 5.74) is 1.54. The van der Waals surface area contributed by atoms with Crippen molar-refractivity contribution in [2.75, 3.05) is 13.1 Å². The summed E-state index contributed by atoms with van der Waals surface area (Å²) in [5, 5.41) is 26.2. The van der Waals surface area contributed by atoms with Gasteiger partial charge in [0.15, 0.2) is 0 Å². The fourth-order valence-corrected chi connectivity index (χ4v) is 2.86. The summed E-state index contributed by atoms with van der Waals surface area (Å²) in [6.07, 6.45) is 2.43. The van der Waals surface area contributed by atoms with Gasteiger partial charge in [-0.25, -0.2) is 0 Å². The molecule has 0 saturated heterocycles. The Labute approximate surface area is 151 Å². The number of hydrogen-bond donors (Lipinski definition) is 4. The molecule has 0 spiro atoms. The lowest BCUT2D eigenvalue weighted by Gasteiger charge is -2.25.